The van der Waals surface area contributed by atoms with Crippen LogP contribution in [0.1, 0.15) is 10.7 Å². The highest BCUT2D eigenvalue weighted by molar-refractivity contribution is 7.09. The van der Waals surface area contributed by atoms with Crippen LogP contribution >= 0.6 is 11.3 Å². The fourth-order valence-corrected chi connectivity index (χ4v) is 1.65. The molecular weight excluding hydrogens is 196 g/mol. The Bertz CT molecular complexity index is 360. The average Bonchev–Trinajstić information content (AvgIpc) is 2.72. The summed E-state index contributed by atoms with van der Waals surface area (Å²) in [5, 5.41) is 6.33. The first-order chi connectivity index (χ1) is 6.95. The molecule has 0 aliphatic carbocycles. The zero-order chi connectivity index (χ0) is 9.64. The third-order valence-corrected chi connectivity index (χ3v) is 2.49. The van der Waals surface area contributed by atoms with Crippen LogP contribution in [0, 0.1) is 0 Å². The Morgan fingerprint density at radius 2 is 2.21 bits per heavy atom. The molecule has 0 atom stereocenters. The molecule has 2 aromatic rings. The molecule has 4 nitrogen and oxygen atoms in total. The van der Waals surface area contributed by atoms with Crippen LogP contribution in [-0.2, 0) is 13.1 Å². The lowest BCUT2D eigenvalue weighted by Crippen LogP contribution is -2.13. The molecule has 0 saturated heterocycles. The lowest BCUT2D eigenvalue weighted by atomic mass is 10.4. The van der Waals surface area contributed by atoms with Crippen molar-refractivity contribution in [3.63, 3.8) is 0 Å². The number of rotatable bonds is 4. The van der Waals surface area contributed by atoms with Gasteiger partial charge in [-0.25, -0.2) is 15.0 Å². The van der Waals surface area contributed by atoms with Gasteiger partial charge in [0.1, 0.15) is 11.3 Å². The van der Waals surface area contributed by atoms with Gasteiger partial charge in [-0.3, -0.25) is 0 Å². The largest absolute Gasteiger partial charge is 0.305 e. The lowest BCUT2D eigenvalue weighted by Gasteiger charge is -2.00. The van der Waals surface area contributed by atoms with Crippen LogP contribution in [0.2, 0.25) is 0 Å². The van der Waals surface area contributed by atoms with Crippen molar-refractivity contribution in [1.82, 2.24) is 20.3 Å². The van der Waals surface area contributed by atoms with E-state index in [1.165, 1.54) is 0 Å². The molecule has 0 bridgehead atoms. The summed E-state index contributed by atoms with van der Waals surface area (Å²) < 4.78 is 0. The van der Waals surface area contributed by atoms with E-state index in [9.17, 15) is 0 Å². The molecule has 2 aromatic heterocycles. The van der Waals surface area contributed by atoms with Gasteiger partial charge in [-0.1, -0.05) is 0 Å². The first kappa shape index (κ1) is 9.23. The minimum absolute atomic E-state index is 0.752. The van der Waals surface area contributed by atoms with E-state index >= 15 is 0 Å². The zero-order valence-corrected chi connectivity index (χ0v) is 8.37. The minimum Gasteiger partial charge on any atom is -0.305 e. The van der Waals surface area contributed by atoms with E-state index in [1.807, 2.05) is 17.6 Å². The number of nitrogens with zero attached hydrogens (tertiary/aromatic N) is 3. The Morgan fingerprint density at radius 1 is 1.21 bits per heavy atom. The number of hydrogen-bond acceptors (Lipinski definition) is 5. The smallest absolute Gasteiger partial charge is 0.115 e. The van der Waals surface area contributed by atoms with Gasteiger partial charge < -0.3 is 5.32 Å². The zero-order valence-electron chi connectivity index (χ0n) is 7.55. The van der Waals surface area contributed by atoms with Gasteiger partial charge in [0.05, 0.1) is 5.69 Å². The van der Waals surface area contributed by atoms with Crippen molar-refractivity contribution >= 4 is 11.3 Å². The summed E-state index contributed by atoms with van der Waals surface area (Å²) in [6, 6.07) is 1.90. The van der Waals surface area contributed by atoms with Gasteiger partial charge in [0, 0.05) is 30.9 Å². The fourth-order valence-electron chi connectivity index (χ4n) is 1.06. The van der Waals surface area contributed by atoms with Crippen LogP contribution < -0.4 is 5.32 Å². The molecule has 2 heterocycles. The fraction of sp³-hybridized carbons (Fsp3) is 0.222. The predicted molar refractivity (Wildman–Crippen MR) is 54.7 cm³/mol. The van der Waals surface area contributed by atoms with Crippen molar-refractivity contribution < 1.29 is 0 Å². The molecule has 0 radical (unpaired) electrons. The van der Waals surface area contributed by atoms with Gasteiger partial charge in [-0.15, -0.1) is 11.3 Å². The minimum atomic E-state index is 0.752. The average molecular weight is 206 g/mol. The van der Waals surface area contributed by atoms with Gasteiger partial charge in [0.25, 0.3) is 0 Å². The van der Waals surface area contributed by atoms with E-state index in [1.54, 1.807) is 23.9 Å². The van der Waals surface area contributed by atoms with Gasteiger partial charge in [0.2, 0.25) is 0 Å². The van der Waals surface area contributed by atoms with Gasteiger partial charge in [-0.05, 0) is 6.07 Å². The number of aromatic nitrogens is 3. The Balaban J connectivity index is 1.79. The number of hydrogen-bond donors (Lipinski definition) is 1. The monoisotopic (exact) mass is 206 g/mol. The Kier molecular flexibility index (Phi) is 3.15. The van der Waals surface area contributed by atoms with Crippen LogP contribution in [0.25, 0.3) is 0 Å². The summed E-state index contributed by atoms with van der Waals surface area (Å²) in [5.74, 6) is 0. The molecule has 0 unspecified atom stereocenters. The van der Waals surface area contributed by atoms with E-state index in [4.69, 9.17) is 0 Å². The van der Waals surface area contributed by atoms with Crippen molar-refractivity contribution in [3.05, 3.63) is 40.9 Å². The third-order valence-electron chi connectivity index (χ3n) is 1.71. The first-order valence-corrected chi connectivity index (χ1v) is 5.17. The van der Waals surface area contributed by atoms with Crippen molar-refractivity contribution in [2.24, 2.45) is 0 Å². The summed E-state index contributed by atoms with van der Waals surface area (Å²) >= 11 is 1.65. The lowest BCUT2D eigenvalue weighted by molar-refractivity contribution is 0.675. The summed E-state index contributed by atoms with van der Waals surface area (Å²) in [6.07, 6.45) is 5.11. The predicted octanol–water partition coefficient (Wildman–Crippen LogP) is 1.22. The molecule has 2 rings (SSSR count). The highest BCUT2D eigenvalue weighted by Crippen LogP contribution is 2.02. The van der Waals surface area contributed by atoms with Crippen molar-refractivity contribution in [2.75, 3.05) is 0 Å². The standard InChI is InChI=1S/C9H10N4S/c1-2-10-7-13-8(1)5-11-6-9-12-3-4-14-9/h1-4,7,11H,5-6H2. The quantitative estimate of drug-likeness (QED) is 0.817. The molecule has 0 saturated carbocycles. The molecule has 72 valence electrons. The van der Waals surface area contributed by atoms with Crippen LogP contribution in [0.15, 0.2) is 30.2 Å². The summed E-state index contributed by atoms with van der Waals surface area (Å²) in [7, 11) is 0. The summed E-state index contributed by atoms with van der Waals surface area (Å²) in [4.78, 5) is 12.1. The van der Waals surface area contributed by atoms with Crippen LogP contribution in [0.5, 0.6) is 0 Å². The van der Waals surface area contributed by atoms with Gasteiger partial charge in [-0.2, -0.15) is 0 Å². The molecule has 0 aromatic carbocycles. The highest BCUT2D eigenvalue weighted by Gasteiger charge is 1.95. The molecule has 0 spiro atoms. The molecule has 0 fully saturated rings. The molecule has 0 aliphatic heterocycles. The molecule has 14 heavy (non-hydrogen) atoms. The SMILES string of the molecule is c1cc(CNCc2nccs2)ncn1. The second kappa shape index (κ2) is 4.78. The Morgan fingerprint density at radius 3 is 2.93 bits per heavy atom. The molecular formula is C9H10N4S. The van der Waals surface area contributed by atoms with Gasteiger partial charge >= 0.3 is 0 Å². The van der Waals surface area contributed by atoms with Crippen molar-refractivity contribution in [3.8, 4) is 0 Å². The van der Waals surface area contributed by atoms with Crippen molar-refractivity contribution in [2.45, 2.75) is 13.1 Å². The van der Waals surface area contributed by atoms with E-state index < -0.39 is 0 Å². The molecule has 5 heteroatoms. The molecule has 1 N–H and O–H groups in total. The summed E-state index contributed by atoms with van der Waals surface area (Å²) in [5.41, 5.74) is 0.997. The molecule has 0 aliphatic rings. The Hall–Kier alpha value is -1.33. The molecule has 0 amide bonds. The van der Waals surface area contributed by atoms with Crippen LogP contribution in [-0.4, -0.2) is 15.0 Å². The second-order valence-electron chi connectivity index (χ2n) is 2.73. The van der Waals surface area contributed by atoms with E-state index in [-0.39, 0.29) is 0 Å². The van der Waals surface area contributed by atoms with Crippen LogP contribution in [0.4, 0.5) is 0 Å². The van der Waals surface area contributed by atoms with E-state index in [0.717, 1.165) is 23.8 Å². The topological polar surface area (TPSA) is 50.7 Å². The highest BCUT2D eigenvalue weighted by atomic mass is 32.1. The Labute approximate surface area is 86.1 Å². The first-order valence-electron chi connectivity index (χ1n) is 4.29. The third kappa shape index (κ3) is 2.58. The van der Waals surface area contributed by atoms with E-state index in [0.29, 0.717) is 0 Å². The number of nitrogens with one attached hydrogen (secondary N) is 1. The maximum atomic E-state index is 4.17. The summed E-state index contributed by atoms with van der Waals surface area (Å²) in [6.45, 7) is 1.55. The van der Waals surface area contributed by atoms with Gasteiger partial charge in [0.15, 0.2) is 0 Å². The maximum Gasteiger partial charge on any atom is 0.115 e. The van der Waals surface area contributed by atoms with E-state index in [2.05, 4.69) is 20.3 Å². The second-order valence-corrected chi connectivity index (χ2v) is 3.71. The van der Waals surface area contributed by atoms with Crippen molar-refractivity contribution in [1.29, 1.82) is 0 Å². The van der Waals surface area contributed by atoms with Crippen LogP contribution in [0.3, 0.4) is 0 Å². The maximum absolute atomic E-state index is 4.17. The number of thiazole rings is 1. The normalized spacial score (nSPS) is 10.3.